The molecule has 0 saturated carbocycles. The highest BCUT2D eigenvalue weighted by Crippen LogP contribution is 2.17. The number of nitrogen functional groups attached to an aromatic ring is 1. The van der Waals surface area contributed by atoms with E-state index in [-0.39, 0.29) is 0 Å². The van der Waals surface area contributed by atoms with Crippen LogP contribution < -0.4 is 5.73 Å². The van der Waals surface area contributed by atoms with E-state index in [9.17, 15) is 0 Å². The van der Waals surface area contributed by atoms with Crippen molar-refractivity contribution in [3.05, 3.63) is 48.7 Å². The molecular formula is C12H10N4. The molecule has 1 heterocycles. The van der Waals surface area contributed by atoms with Crippen LogP contribution in [0.15, 0.2) is 48.7 Å². The van der Waals surface area contributed by atoms with E-state index in [1.165, 1.54) is 16.4 Å². The van der Waals surface area contributed by atoms with Gasteiger partial charge >= 0.3 is 0 Å². The largest absolute Gasteiger partial charge is 0.381 e. The van der Waals surface area contributed by atoms with Crippen LogP contribution in [0, 0.1) is 0 Å². The predicted molar refractivity (Wildman–Crippen MR) is 63.3 cm³/mol. The molecule has 0 spiro atoms. The number of hydrogen-bond donors (Lipinski definition) is 1. The lowest BCUT2D eigenvalue weighted by Crippen LogP contribution is -1.99. The molecule has 0 fully saturated rings. The normalized spacial score (nSPS) is 10.8. The molecule has 0 bridgehead atoms. The van der Waals surface area contributed by atoms with Gasteiger partial charge in [0.2, 0.25) is 0 Å². The van der Waals surface area contributed by atoms with Gasteiger partial charge in [-0.25, -0.2) is 0 Å². The van der Waals surface area contributed by atoms with Gasteiger partial charge in [-0.1, -0.05) is 30.3 Å². The number of benzene rings is 2. The maximum absolute atomic E-state index is 5.53. The molecule has 78 valence electrons. The Morgan fingerprint density at radius 2 is 1.81 bits per heavy atom. The third-order valence-electron chi connectivity index (χ3n) is 2.47. The van der Waals surface area contributed by atoms with Crippen LogP contribution in [0.1, 0.15) is 0 Å². The van der Waals surface area contributed by atoms with Crippen LogP contribution in [0.25, 0.3) is 16.5 Å². The minimum absolute atomic E-state index is 0.424. The Morgan fingerprint density at radius 1 is 1.00 bits per heavy atom. The van der Waals surface area contributed by atoms with E-state index in [1.807, 2.05) is 30.3 Å². The Kier molecular flexibility index (Phi) is 1.86. The molecule has 3 rings (SSSR count). The highest BCUT2D eigenvalue weighted by Gasteiger charge is 2.01. The van der Waals surface area contributed by atoms with Gasteiger partial charge in [0.1, 0.15) is 0 Å². The van der Waals surface area contributed by atoms with Crippen molar-refractivity contribution in [2.75, 3.05) is 5.73 Å². The van der Waals surface area contributed by atoms with Crippen LogP contribution in [-0.4, -0.2) is 15.0 Å². The van der Waals surface area contributed by atoms with E-state index >= 15 is 0 Å². The van der Waals surface area contributed by atoms with Crippen molar-refractivity contribution in [3.8, 4) is 5.69 Å². The van der Waals surface area contributed by atoms with E-state index in [1.54, 1.807) is 0 Å². The molecule has 0 amide bonds. The molecule has 0 unspecified atom stereocenters. The number of rotatable bonds is 1. The van der Waals surface area contributed by atoms with Crippen LogP contribution in [0.4, 0.5) is 5.82 Å². The summed E-state index contributed by atoms with van der Waals surface area (Å²) in [6, 6.07) is 14.2. The van der Waals surface area contributed by atoms with Crippen molar-refractivity contribution >= 4 is 16.6 Å². The smallest absolute Gasteiger partial charge is 0.166 e. The predicted octanol–water partition coefficient (Wildman–Crippen LogP) is 2.00. The molecule has 0 atom stereocenters. The van der Waals surface area contributed by atoms with Crippen LogP contribution >= 0.6 is 0 Å². The third-order valence-corrected chi connectivity index (χ3v) is 2.47. The Hall–Kier alpha value is -2.36. The molecule has 0 aliphatic heterocycles. The van der Waals surface area contributed by atoms with Gasteiger partial charge in [-0.3, -0.25) is 0 Å². The van der Waals surface area contributed by atoms with Crippen LogP contribution in [-0.2, 0) is 0 Å². The fraction of sp³-hybridized carbons (Fsp3) is 0. The topological polar surface area (TPSA) is 56.7 Å². The molecule has 4 heteroatoms. The number of nitrogens with zero attached hydrogens (tertiary/aromatic N) is 3. The summed E-state index contributed by atoms with van der Waals surface area (Å²) >= 11 is 0. The van der Waals surface area contributed by atoms with Gasteiger partial charge < -0.3 is 5.73 Å². The summed E-state index contributed by atoms with van der Waals surface area (Å²) in [5.41, 5.74) is 6.45. The van der Waals surface area contributed by atoms with Gasteiger partial charge in [-0.2, -0.15) is 5.10 Å². The Balaban J connectivity index is 2.18. The summed E-state index contributed by atoms with van der Waals surface area (Å²) in [6.07, 6.45) is 1.54. The lowest BCUT2D eigenvalue weighted by molar-refractivity contribution is 0.755. The van der Waals surface area contributed by atoms with Crippen LogP contribution in [0.3, 0.4) is 0 Å². The maximum atomic E-state index is 5.53. The summed E-state index contributed by atoms with van der Waals surface area (Å²) in [7, 11) is 0. The minimum Gasteiger partial charge on any atom is -0.381 e. The van der Waals surface area contributed by atoms with Crippen molar-refractivity contribution in [3.63, 3.8) is 0 Å². The van der Waals surface area contributed by atoms with Gasteiger partial charge in [0.05, 0.1) is 11.9 Å². The molecule has 0 radical (unpaired) electrons. The average Bonchev–Trinajstić information content (AvgIpc) is 2.75. The van der Waals surface area contributed by atoms with Crippen molar-refractivity contribution in [1.82, 2.24) is 15.0 Å². The quantitative estimate of drug-likeness (QED) is 0.668. The van der Waals surface area contributed by atoms with Crippen molar-refractivity contribution in [2.24, 2.45) is 0 Å². The SMILES string of the molecule is Nc1cnn(-c2ccc3ccccc3c2)n1. The van der Waals surface area contributed by atoms with Crippen LogP contribution in [0.2, 0.25) is 0 Å². The van der Waals surface area contributed by atoms with Gasteiger partial charge in [-0.05, 0) is 22.9 Å². The number of aromatic nitrogens is 3. The zero-order valence-electron chi connectivity index (χ0n) is 8.54. The first kappa shape index (κ1) is 8.91. The molecule has 1 aromatic heterocycles. The molecule has 16 heavy (non-hydrogen) atoms. The lowest BCUT2D eigenvalue weighted by Gasteiger charge is -2.01. The standard InChI is InChI=1S/C12H10N4/c13-12-8-14-16(15-12)11-6-5-9-3-1-2-4-10(9)7-11/h1-8H,(H2,13,15). The monoisotopic (exact) mass is 210 g/mol. The lowest BCUT2D eigenvalue weighted by atomic mass is 10.1. The second kappa shape index (κ2) is 3.34. The van der Waals surface area contributed by atoms with E-state index in [0.29, 0.717) is 5.82 Å². The summed E-state index contributed by atoms with van der Waals surface area (Å²) < 4.78 is 0. The summed E-state index contributed by atoms with van der Waals surface area (Å²) in [5.74, 6) is 0.424. The van der Waals surface area contributed by atoms with Crippen LogP contribution in [0.5, 0.6) is 0 Å². The highest BCUT2D eigenvalue weighted by molar-refractivity contribution is 5.84. The van der Waals surface area contributed by atoms with Crippen molar-refractivity contribution < 1.29 is 0 Å². The summed E-state index contributed by atoms with van der Waals surface area (Å²) in [4.78, 5) is 1.53. The zero-order chi connectivity index (χ0) is 11.0. The fourth-order valence-electron chi connectivity index (χ4n) is 1.70. The van der Waals surface area contributed by atoms with Gasteiger partial charge in [0, 0.05) is 0 Å². The van der Waals surface area contributed by atoms with Gasteiger partial charge in [0.15, 0.2) is 5.82 Å². The highest BCUT2D eigenvalue weighted by atomic mass is 15.5. The second-order valence-corrected chi connectivity index (χ2v) is 3.59. The first-order valence-corrected chi connectivity index (χ1v) is 5.00. The van der Waals surface area contributed by atoms with E-state index in [0.717, 1.165) is 11.1 Å². The zero-order valence-corrected chi connectivity index (χ0v) is 8.54. The van der Waals surface area contributed by atoms with Gasteiger partial charge in [-0.15, -0.1) is 9.90 Å². The molecule has 2 aromatic carbocycles. The minimum atomic E-state index is 0.424. The summed E-state index contributed by atoms with van der Waals surface area (Å²) in [6.45, 7) is 0. The second-order valence-electron chi connectivity index (χ2n) is 3.59. The molecular weight excluding hydrogens is 200 g/mol. The maximum Gasteiger partial charge on any atom is 0.166 e. The first-order valence-electron chi connectivity index (χ1n) is 5.00. The molecule has 0 saturated heterocycles. The molecule has 0 aliphatic carbocycles. The molecule has 4 nitrogen and oxygen atoms in total. The Bertz CT molecular complexity index is 642. The number of anilines is 1. The van der Waals surface area contributed by atoms with Crippen molar-refractivity contribution in [2.45, 2.75) is 0 Å². The molecule has 3 aromatic rings. The van der Waals surface area contributed by atoms with E-state index < -0.39 is 0 Å². The Labute approximate surface area is 92.3 Å². The first-order chi connectivity index (χ1) is 7.83. The number of hydrogen-bond acceptors (Lipinski definition) is 3. The van der Waals surface area contributed by atoms with E-state index in [2.05, 4.69) is 22.3 Å². The third kappa shape index (κ3) is 1.40. The Morgan fingerprint density at radius 3 is 2.56 bits per heavy atom. The van der Waals surface area contributed by atoms with E-state index in [4.69, 9.17) is 5.73 Å². The van der Waals surface area contributed by atoms with Gasteiger partial charge in [0.25, 0.3) is 0 Å². The number of nitrogens with two attached hydrogens (primary N) is 1. The fourth-order valence-corrected chi connectivity index (χ4v) is 1.70. The average molecular weight is 210 g/mol. The molecule has 0 aliphatic rings. The summed E-state index contributed by atoms with van der Waals surface area (Å²) in [5, 5.41) is 10.5. The molecule has 2 N–H and O–H groups in total. The van der Waals surface area contributed by atoms with Crippen molar-refractivity contribution in [1.29, 1.82) is 0 Å². The number of fused-ring (bicyclic) bond motifs is 1.